The average molecular weight is 387 g/mol. The van der Waals surface area contributed by atoms with Crippen LogP contribution in [0.2, 0.25) is 0 Å². The van der Waals surface area contributed by atoms with Crippen LogP contribution in [0.1, 0.15) is 12.8 Å². The number of halogens is 2. The van der Waals surface area contributed by atoms with Crippen LogP contribution in [-0.2, 0) is 19.9 Å². The Hall–Kier alpha value is -0.740. The number of nitrogens with one attached hydrogen (secondary N) is 2. The number of rotatable bonds is 6. The van der Waals surface area contributed by atoms with Gasteiger partial charge in [0, 0.05) is 12.8 Å². The smallest absolute Gasteiger partial charge is 0.240 e. The van der Waals surface area contributed by atoms with Crippen molar-refractivity contribution < 1.29 is 21.2 Å². The van der Waals surface area contributed by atoms with Crippen molar-refractivity contribution in [1.29, 1.82) is 0 Å². The van der Waals surface area contributed by atoms with Crippen LogP contribution in [0.5, 0.6) is 0 Å². The molecule has 0 radical (unpaired) electrons. The highest BCUT2D eigenvalue weighted by Crippen LogP contribution is 2.19. The van der Waals surface area contributed by atoms with Gasteiger partial charge >= 0.3 is 0 Å². The van der Waals surface area contributed by atoms with Gasteiger partial charge in [-0.05, 0) is 50.0 Å². The first-order valence-corrected chi connectivity index (χ1v) is 10.3. The second kappa shape index (κ2) is 7.89. The molecule has 0 saturated carbocycles. The third kappa shape index (κ3) is 5.39. The molecule has 1 saturated heterocycles. The summed E-state index contributed by atoms with van der Waals surface area (Å²) in [7, 11) is -7.56. The van der Waals surface area contributed by atoms with E-state index in [2.05, 4.69) is 10.0 Å². The lowest BCUT2D eigenvalue weighted by Crippen LogP contribution is -2.27. The Balaban J connectivity index is 0.00000264. The quantitative estimate of drug-likeness (QED) is 0.758. The van der Waals surface area contributed by atoms with Gasteiger partial charge in [-0.1, -0.05) is 0 Å². The Bertz CT molecular complexity index is 747. The molecule has 23 heavy (non-hydrogen) atoms. The summed E-state index contributed by atoms with van der Waals surface area (Å²) in [5.74, 6) is -0.627. The van der Waals surface area contributed by atoms with Crippen molar-refractivity contribution in [3.63, 3.8) is 0 Å². The summed E-state index contributed by atoms with van der Waals surface area (Å²) in [6.45, 7) is 2.08. The summed E-state index contributed by atoms with van der Waals surface area (Å²) in [5.41, 5.74) is 0. The topological polar surface area (TPSA) is 92.3 Å². The molecule has 0 aliphatic carbocycles. The molecule has 0 spiro atoms. The van der Waals surface area contributed by atoms with E-state index >= 15 is 0 Å². The highest BCUT2D eigenvalue weighted by molar-refractivity contribution is 7.90. The van der Waals surface area contributed by atoms with Gasteiger partial charge in [-0.25, -0.2) is 25.9 Å². The van der Waals surface area contributed by atoms with Crippen LogP contribution >= 0.6 is 12.4 Å². The number of hydrogen-bond acceptors (Lipinski definition) is 5. The Labute approximate surface area is 142 Å². The molecule has 1 aromatic rings. The van der Waals surface area contributed by atoms with E-state index in [1.54, 1.807) is 0 Å². The fraction of sp³-hybridized carbons (Fsp3) is 0.538. The lowest BCUT2D eigenvalue weighted by atomic mass is 10.1. The highest BCUT2D eigenvalue weighted by atomic mass is 35.5. The minimum absolute atomic E-state index is 0. The molecule has 1 unspecified atom stereocenters. The van der Waals surface area contributed by atoms with Gasteiger partial charge < -0.3 is 5.32 Å². The summed E-state index contributed by atoms with van der Waals surface area (Å²) in [6, 6.07) is 2.80. The van der Waals surface area contributed by atoms with Crippen LogP contribution in [0.4, 0.5) is 4.39 Å². The van der Waals surface area contributed by atoms with Crippen LogP contribution in [0, 0.1) is 11.7 Å². The summed E-state index contributed by atoms with van der Waals surface area (Å²) in [6.07, 6.45) is 2.59. The monoisotopic (exact) mass is 386 g/mol. The van der Waals surface area contributed by atoms with Crippen molar-refractivity contribution in [2.24, 2.45) is 5.92 Å². The molecule has 1 fully saturated rings. The van der Waals surface area contributed by atoms with Crippen molar-refractivity contribution in [3.05, 3.63) is 24.0 Å². The van der Waals surface area contributed by atoms with E-state index in [0.717, 1.165) is 44.0 Å². The summed E-state index contributed by atoms with van der Waals surface area (Å²) in [4.78, 5) is -0.787. The molecule has 10 heteroatoms. The molecule has 0 aromatic heterocycles. The van der Waals surface area contributed by atoms with Crippen molar-refractivity contribution >= 4 is 32.3 Å². The number of benzene rings is 1. The largest absolute Gasteiger partial charge is 0.316 e. The van der Waals surface area contributed by atoms with Gasteiger partial charge in [-0.3, -0.25) is 0 Å². The molecular weight excluding hydrogens is 367 g/mol. The van der Waals surface area contributed by atoms with Gasteiger partial charge in [0.1, 0.15) is 10.7 Å². The Kier molecular flexibility index (Phi) is 6.96. The molecule has 2 N–H and O–H groups in total. The predicted molar refractivity (Wildman–Crippen MR) is 87.5 cm³/mol. The molecule has 0 bridgehead atoms. The predicted octanol–water partition coefficient (Wildman–Crippen LogP) is 0.929. The van der Waals surface area contributed by atoms with E-state index < -0.39 is 30.6 Å². The normalized spacial score (nSPS) is 18.6. The van der Waals surface area contributed by atoms with Crippen LogP contribution in [0.25, 0.3) is 0 Å². The molecule has 1 heterocycles. The number of hydrogen-bond donors (Lipinski definition) is 2. The highest BCUT2D eigenvalue weighted by Gasteiger charge is 2.20. The fourth-order valence-corrected chi connectivity index (χ4v) is 4.18. The first-order valence-electron chi connectivity index (χ1n) is 6.90. The average Bonchev–Trinajstić information content (AvgIpc) is 2.90. The molecule has 1 atom stereocenters. The fourth-order valence-electron chi connectivity index (χ4n) is 2.39. The maximum absolute atomic E-state index is 13.8. The first kappa shape index (κ1) is 20.3. The van der Waals surface area contributed by atoms with E-state index in [1.165, 1.54) is 0 Å². The number of sulfone groups is 1. The third-order valence-electron chi connectivity index (χ3n) is 3.62. The molecule has 1 aromatic carbocycles. The lowest BCUT2D eigenvalue weighted by molar-refractivity contribution is 0.518. The Morgan fingerprint density at radius 1 is 1.30 bits per heavy atom. The van der Waals surface area contributed by atoms with Crippen LogP contribution in [0.3, 0.4) is 0 Å². The van der Waals surface area contributed by atoms with Gasteiger partial charge in [0.2, 0.25) is 10.0 Å². The van der Waals surface area contributed by atoms with E-state index in [0.29, 0.717) is 12.3 Å². The summed E-state index contributed by atoms with van der Waals surface area (Å²) < 4.78 is 63.0. The van der Waals surface area contributed by atoms with E-state index in [9.17, 15) is 21.2 Å². The summed E-state index contributed by atoms with van der Waals surface area (Å²) in [5, 5.41) is 3.20. The van der Waals surface area contributed by atoms with Gasteiger partial charge in [-0.15, -0.1) is 12.4 Å². The maximum Gasteiger partial charge on any atom is 0.240 e. The SMILES string of the molecule is CS(=O)(=O)c1ccc(S(=O)(=O)NCCC2CCNC2)cc1F.Cl. The molecule has 1 aliphatic heterocycles. The van der Waals surface area contributed by atoms with Crippen molar-refractivity contribution in [2.45, 2.75) is 22.6 Å². The minimum atomic E-state index is -3.84. The van der Waals surface area contributed by atoms with Gasteiger partial charge in [0.05, 0.1) is 4.90 Å². The zero-order chi connectivity index (χ0) is 16.4. The van der Waals surface area contributed by atoms with Crippen LogP contribution in [-0.4, -0.2) is 42.7 Å². The molecule has 2 rings (SSSR count). The molecule has 1 aliphatic rings. The van der Waals surface area contributed by atoms with Crippen molar-refractivity contribution in [3.8, 4) is 0 Å². The van der Waals surface area contributed by atoms with E-state index in [1.807, 2.05) is 0 Å². The molecule has 132 valence electrons. The van der Waals surface area contributed by atoms with Crippen molar-refractivity contribution in [2.75, 3.05) is 25.9 Å². The molecule has 0 amide bonds. The van der Waals surface area contributed by atoms with Gasteiger partial charge in [0.25, 0.3) is 0 Å². The number of sulfonamides is 1. The second-order valence-electron chi connectivity index (χ2n) is 5.41. The van der Waals surface area contributed by atoms with Gasteiger partial charge in [0.15, 0.2) is 9.84 Å². The molecule has 6 nitrogen and oxygen atoms in total. The van der Waals surface area contributed by atoms with E-state index in [4.69, 9.17) is 0 Å². The standard InChI is InChI=1S/C13H19FN2O4S2.ClH/c1-21(17,18)13-3-2-11(8-12(13)14)22(19,20)16-7-5-10-4-6-15-9-10;/h2-3,8,10,15-16H,4-7,9H2,1H3;1H. The maximum atomic E-state index is 13.8. The summed E-state index contributed by atoms with van der Waals surface area (Å²) >= 11 is 0. The Morgan fingerprint density at radius 3 is 2.52 bits per heavy atom. The van der Waals surface area contributed by atoms with Crippen molar-refractivity contribution in [1.82, 2.24) is 10.0 Å². The second-order valence-corrected chi connectivity index (χ2v) is 9.16. The van der Waals surface area contributed by atoms with Crippen LogP contribution < -0.4 is 10.0 Å². The molecular formula is C13H20ClFN2O4S2. The van der Waals surface area contributed by atoms with Crippen LogP contribution in [0.15, 0.2) is 28.0 Å². The third-order valence-corrected chi connectivity index (χ3v) is 6.21. The zero-order valence-corrected chi connectivity index (χ0v) is 15.0. The zero-order valence-electron chi connectivity index (χ0n) is 12.6. The lowest BCUT2D eigenvalue weighted by Gasteiger charge is -2.10. The Morgan fingerprint density at radius 2 is 2.00 bits per heavy atom. The first-order chi connectivity index (χ1) is 10.2. The van der Waals surface area contributed by atoms with E-state index in [-0.39, 0.29) is 23.8 Å². The minimum Gasteiger partial charge on any atom is -0.316 e. The van der Waals surface area contributed by atoms with Gasteiger partial charge in [-0.2, -0.15) is 0 Å².